The minimum Gasteiger partial charge on any atom is -0.493 e. The smallest absolute Gasteiger partial charge is 0.279 e. The molecule has 0 radical (unpaired) electrons. The first-order valence-electron chi connectivity index (χ1n) is 7.40. The average molecular weight is 342 g/mol. The Kier molecular flexibility index (Phi) is 4.40. The molecule has 5 nitrogen and oxygen atoms in total. The summed E-state index contributed by atoms with van der Waals surface area (Å²) in [5.41, 5.74) is 2.70. The molecule has 124 valence electrons. The second kappa shape index (κ2) is 6.49. The van der Waals surface area contributed by atoms with Gasteiger partial charge in [0, 0.05) is 12.6 Å². The van der Waals surface area contributed by atoms with Crippen LogP contribution in [0.4, 0.5) is 0 Å². The normalized spacial score (nSPS) is 11.8. The third-order valence-electron chi connectivity index (χ3n) is 3.79. The van der Waals surface area contributed by atoms with E-state index in [9.17, 15) is 4.79 Å². The first-order valence-corrected chi connectivity index (χ1v) is 8.22. The summed E-state index contributed by atoms with van der Waals surface area (Å²) in [6.45, 7) is 2.05. The molecule has 0 saturated carbocycles. The van der Waals surface area contributed by atoms with Crippen LogP contribution in [0.1, 0.15) is 15.9 Å². The highest BCUT2D eigenvalue weighted by Gasteiger charge is 2.11. The van der Waals surface area contributed by atoms with Gasteiger partial charge in [0.2, 0.25) is 0 Å². The summed E-state index contributed by atoms with van der Waals surface area (Å²) < 4.78 is 13.5. The summed E-state index contributed by atoms with van der Waals surface area (Å²) in [4.78, 5) is 17.4. The lowest BCUT2D eigenvalue weighted by Gasteiger charge is -2.07. The minimum atomic E-state index is -0.310. The van der Waals surface area contributed by atoms with E-state index in [4.69, 9.17) is 9.47 Å². The molecule has 0 unspecified atom stereocenters. The maximum absolute atomic E-state index is 12.5. The van der Waals surface area contributed by atoms with Crippen LogP contribution >= 0.6 is 11.3 Å². The molecular formula is C18H18N2O3S. The van der Waals surface area contributed by atoms with Crippen LogP contribution in [0, 0.1) is 6.92 Å². The van der Waals surface area contributed by atoms with E-state index in [-0.39, 0.29) is 5.91 Å². The molecule has 0 N–H and O–H groups in total. The van der Waals surface area contributed by atoms with Crippen LogP contribution < -0.4 is 14.3 Å². The monoisotopic (exact) mass is 342 g/mol. The Morgan fingerprint density at radius 1 is 1.08 bits per heavy atom. The van der Waals surface area contributed by atoms with Crippen LogP contribution in [0.25, 0.3) is 10.2 Å². The zero-order chi connectivity index (χ0) is 17.3. The molecule has 0 fully saturated rings. The lowest BCUT2D eigenvalue weighted by molar-refractivity contribution is 0.0997. The number of aromatic nitrogens is 1. The van der Waals surface area contributed by atoms with Crippen molar-refractivity contribution in [2.75, 3.05) is 14.2 Å². The van der Waals surface area contributed by atoms with Crippen LogP contribution in [-0.2, 0) is 7.05 Å². The van der Waals surface area contributed by atoms with Gasteiger partial charge < -0.3 is 14.0 Å². The van der Waals surface area contributed by atoms with Gasteiger partial charge in [0.25, 0.3) is 5.91 Å². The number of methoxy groups -OCH3 is 2. The van der Waals surface area contributed by atoms with E-state index in [1.807, 2.05) is 24.6 Å². The maximum Gasteiger partial charge on any atom is 0.279 e. The van der Waals surface area contributed by atoms with Crippen molar-refractivity contribution in [2.24, 2.45) is 12.0 Å². The molecule has 3 aromatic rings. The number of carbonyl (C=O) groups excluding carboxylic acids is 1. The fourth-order valence-electron chi connectivity index (χ4n) is 2.47. The van der Waals surface area contributed by atoms with E-state index >= 15 is 0 Å². The number of thiazole rings is 1. The summed E-state index contributed by atoms with van der Waals surface area (Å²) in [6.07, 6.45) is 0. The van der Waals surface area contributed by atoms with Crippen molar-refractivity contribution in [3.05, 3.63) is 52.3 Å². The van der Waals surface area contributed by atoms with Crippen molar-refractivity contribution < 1.29 is 14.3 Å². The Morgan fingerprint density at radius 2 is 1.83 bits per heavy atom. The topological polar surface area (TPSA) is 52.8 Å². The molecule has 0 spiro atoms. The van der Waals surface area contributed by atoms with Crippen LogP contribution in [0.2, 0.25) is 0 Å². The molecule has 0 aliphatic rings. The predicted molar refractivity (Wildman–Crippen MR) is 95.0 cm³/mol. The van der Waals surface area contributed by atoms with E-state index in [2.05, 4.69) is 17.1 Å². The van der Waals surface area contributed by atoms with Crippen LogP contribution in [0.15, 0.2) is 41.4 Å². The summed E-state index contributed by atoms with van der Waals surface area (Å²) in [6, 6.07) is 11.2. The lowest BCUT2D eigenvalue weighted by atomic mass is 10.2. The molecule has 1 amide bonds. The number of nitrogens with zero attached hydrogens (tertiary/aromatic N) is 2. The van der Waals surface area contributed by atoms with Crippen molar-refractivity contribution in [1.82, 2.24) is 4.57 Å². The van der Waals surface area contributed by atoms with Gasteiger partial charge >= 0.3 is 0 Å². The molecule has 0 saturated heterocycles. The molecule has 1 aromatic heterocycles. The molecular weight excluding hydrogens is 324 g/mol. The minimum absolute atomic E-state index is 0.310. The molecule has 0 aliphatic heterocycles. The van der Waals surface area contributed by atoms with Crippen molar-refractivity contribution in [3.8, 4) is 11.5 Å². The number of benzene rings is 2. The van der Waals surface area contributed by atoms with E-state index < -0.39 is 0 Å². The van der Waals surface area contributed by atoms with Gasteiger partial charge in [0.05, 0.1) is 24.4 Å². The Hall–Kier alpha value is -2.60. The van der Waals surface area contributed by atoms with Gasteiger partial charge in [-0.3, -0.25) is 4.79 Å². The van der Waals surface area contributed by atoms with Crippen LogP contribution in [0.3, 0.4) is 0 Å². The summed E-state index contributed by atoms with van der Waals surface area (Å²) >= 11 is 1.50. The largest absolute Gasteiger partial charge is 0.493 e. The number of rotatable bonds is 3. The second-order valence-corrected chi connectivity index (χ2v) is 6.41. The van der Waals surface area contributed by atoms with E-state index in [1.54, 1.807) is 25.3 Å². The van der Waals surface area contributed by atoms with Gasteiger partial charge in [0.15, 0.2) is 16.3 Å². The summed E-state index contributed by atoms with van der Waals surface area (Å²) in [7, 11) is 5.01. The van der Waals surface area contributed by atoms with Gasteiger partial charge in [0.1, 0.15) is 0 Å². The molecule has 0 atom stereocenters. The standard InChI is InChI=1S/C18H18N2O3S/c1-11-5-7-13-16(9-11)24-18(20(13)2)19-17(21)12-6-8-14(22-3)15(10-12)23-4/h5-10H,1-4H3. The van der Waals surface area contributed by atoms with Crippen molar-refractivity contribution in [3.63, 3.8) is 0 Å². The van der Waals surface area contributed by atoms with E-state index in [1.165, 1.54) is 24.0 Å². The number of hydrogen-bond acceptors (Lipinski definition) is 4. The number of aryl methyl sites for hydroxylation is 2. The van der Waals surface area contributed by atoms with E-state index in [0.29, 0.717) is 21.9 Å². The zero-order valence-corrected chi connectivity index (χ0v) is 14.8. The molecule has 0 aliphatic carbocycles. The molecule has 3 rings (SSSR count). The van der Waals surface area contributed by atoms with Gasteiger partial charge in [-0.2, -0.15) is 4.99 Å². The molecule has 6 heteroatoms. The molecule has 24 heavy (non-hydrogen) atoms. The second-order valence-electron chi connectivity index (χ2n) is 5.40. The van der Waals surface area contributed by atoms with Gasteiger partial charge in [-0.15, -0.1) is 0 Å². The van der Waals surface area contributed by atoms with Crippen LogP contribution in [-0.4, -0.2) is 24.7 Å². The Morgan fingerprint density at radius 3 is 2.54 bits per heavy atom. The SMILES string of the molecule is COc1ccc(C(=O)N=c2sc3cc(C)ccc3n2C)cc1OC. The van der Waals surface area contributed by atoms with Crippen molar-refractivity contribution in [1.29, 1.82) is 0 Å². The Labute approximate surface area is 143 Å². The molecule has 2 aromatic carbocycles. The summed E-state index contributed by atoms with van der Waals surface area (Å²) in [5, 5.41) is 0. The molecule has 0 bridgehead atoms. The van der Waals surface area contributed by atoms with Crippen molar-refractivity contribution in [2.45, 2.75) is 6.92 Å². The summed E-state index contributed by atoms with van der Waals surface area (Å²) in [5.74, 6) is 0.779. The highest BCUT2D eigenvalue weighted by atomic mass is 32.1. The fraction of sp³-hybridized carbons (Fsp3) is 0.222. The van der Waals surface area contributed by atoms with Crippen LogP contribution in [0.5, 0.6) is 11.5 Å². The fourth-order valence-corrected chi connectivity index (χ4v) is 3.58. The number of ether oxygens (including phenoxy) is 2. The first kappa shape index (κ1) is 16.3. The predicted octanol–water partition coefficient (Wildman–Crippen LogP) is 3.31. The quantitative estimate of drug-likeness (QED) is 0.734. The van der Waals surface area contributed by atoms with Crippen molar-refractivity contribution >= 4 is 27.5 Å². The highest BCUT2D eigenvalue weighted by molar-refractivity contribution is 7.16. The Bertz CT molecular complexity index is 986. The number of fused-ring (bicyclic) bond motifs is 1. The number of amides is 1. The third kappa shape index (κ3) is 2.92. The van der Waals surface area contributed by atoms with Gasteiger partial charge in [-0.05, 0) is 42.8 Å². The zero-order valence-electron chi connectivity index (χ0n) is 14.0. The average Bonchev–Trinajstić information content (AvgIpc) is 2.89. The van der Waals surface area contributed by atoms with Gasteiger partial charge in [-0.1, -0.05) is 17.4 Å². The molecule has 1 heterocycles. The third-order valence-corrected chi connectivity index (χ3v) is 4.89. The Balaban J connectivity index is 2.05. The highest BCUT2D eigenvalue weighted by Crippen LogP contribution is 2.27. The number of carbonyl (C=O) groups is 1. The number of hydrogen-bond donors (Lipinski definition) is 0. The first-order chi connectivity index (χ1) is 11.5. The van der Waals surface area contributed by atoms with Gasteiger partial charge in [-0.25, -0.2) is 0 Å². The lowest BCUT2D eigenvalue weighted by Crippen LogP contribution is -2.13. The maximum atomic E-state index is 12.5. The van der Waals surface area contributed by atoms with E-state index in [0.717, 1.165) is 10.2 Å².